The van der Waals surface area contributed by atoms with Crippen molar-refractivity contribution in [3.63, 3.8) is 0 Å². The minimum Gasteiger partial charge on any atom is -0.330 e. The van der Waals surface area contributed by atoms with Gasteiger partial charge in [0.2, 0.25) is 0 Å². The van der Waals surface area contributed by atoms with Crippen LogP contribution in [0, 0.1) is 0 Å². The van der Waals surface area contributed by atoms with Crippen LogP contribution in [0.25, 0.3) is 21.5 Å². The van der Waals surface area contributed by atoms with E-state index in [4.69, 9.17) is 11.5 Å². The average Bonchev–Trinajstić information content (AvgIpc) is 2.46. The summed E-state index contributed by atoms with van der Waals surface area (Å²) in [6, 6.07) is 17.6. The molecule has 0 aromatic heterocycles. The molecule has 3 rings (SSSR count). The van der Waals surface area contributed by atoms with Crippen LogP contribution >= 0.6 is 0 Å². The number of hydrogen-bond donors (Lipinski definition) is 2. The van der Waals surface area contributed by atoms with Gasteiger partial charge in [0.25, 0.3) is 0 Å². The van der Waals surface area contributed by atoms with Gasteiger partial charge in [0.05, 0.1) is 0 Å². The lowest BCUT2D eigenvalue weighted by Gasteiger charge is -2.11. The average molecular weight is 264 g/mol. The Morgan fingerprint density at radius 1 is 0.600 bits per heavy atom. The van der Waals surface area contributed by atoms with Crippen molar-refractivity contribution in [3.8, 4) is 0 Å². The first-order chi connectivity index (χ1) is 9.81. The summed E-state index contributed by atoms with van der Waals surface area (Å²) in [7, 11) is 0. The number of hydrogen-bond acceptors (Lipinski definition) is 2. The maximum Gasteiger partial charge on any atom is -0.00366 e. The molecule has 3 aromatic rings. The molecule has 0 bridgehead atoms. The molecule has 0 aliphatic heterocycles. The Balaban J connectivity index is 2.23. The molecule has 4 N–H and O–H groups in total. The summed E-state index contributed by atoms with van der Waals surface area (Å²) in [6.45, 7) is 1.35. The van der Waals surface area contributed by atoms with E-state index in [1.807, 2.05) is 0 Å². The first kappa shape index (κ1) is 13.1. The van der Waals surface area contributed by atoms with Crippen molar-refractivity contribution >= 4 is 21.5 Å². The van der Waals surface area contributed by atoms with E-state index in [0.29, 0.717) is 13.1 Å². The van der Waals surface area contributed by atoms with E-state index in [-0.39, 0.29) is 0 Å². The molecule has 0 aliphatic carbocycles. The lowest BCUT2D eigenvalue weighted by molar-refractivity contribution is 0.908. The molecule has 0 radical (unpaired) electrons. The Morgan fingerprint density at radius 2 is 1.05 bits per heavy atom. The molecule has 0 unspecified atom stereocenters. The highest BCUT2D eigenvalue weighted by atomic mass is 14.5. The summed E-state index contributed by atoms with van der Waals surface area (Å²) < 4.78 is 0. The molecule has 102 valence electrons. The van der Waals surface area contributed by atoms with E-state index in [1.54, 1.807) is 0 Å². The fourth-order valence-corrected chi connectivity index (χ4v) is 2.86. The molecule has 0 amide bonds. The molecule has 0 fully saturated rings. The second-order valence-electron chi connectivity index (χ2n) is 5.24. The zero-order valence-corrected chi connectivity index (χ0v) is 11.6. The largest absolute Gasteiger partial charge is 0.330 e. The fraction of sp³-hybridized carbons (Fsp3) is 0.222. The van der Waals surface area contributed by atoms with E-state index in [1.165, 1.54) is 32.7 Å². The molecule has 3 aromatic carbocycles. The smallest absolute Gasteiger partial charge is 0.00366 e. The summed E-state index contributed by atoms with van der Waals surface area (Å²) in [5.74, 6) is 0. The number of rotatable bonds is 4. The predicted molar refractivity (Wildman–Crippen MR) is 87.0 cm³/mol. The molecule has 0 saturated heterocycles. The maximum atomic E-state index is 5.73. The first-order valence-electron chi connectivity index (χ1n) is 7.16. The lowest BCUT2D eigenvalue weighted by atomic mass is 9.95. The topological polar surface area (TPSA) is 52.0 Å². The lowest BCUT2D eigenvalue weighted by Crippen LogP contribution is -2.09. The SMILES string of the molecule is NCCc1cc2cc3ccccc3cc2cc1CCN. The molecule has 2 heteroatoms. The van der Waals surface area contributed by atoms with Gasteiger partial charge in [-0.2, -0.15) is 0 Å². The van der Waals surface area contributed by atoms with Gasteiger partial charge in [-0.25, -0.2) is 0 Å². The monoisotopic (exact) mass is 264 g/mol. The van der Waals surface area contributed by atoms with Crippen molar-refractivity contribution in [2.45, 2.75) is 12.8 Å². The van der Waals surface area contributed by atoms with Crippen LogP contribution < -0.4 is 11.5 Å². The molecule has 2 nitrogen and oxygen atoms in total. The minimum absolute atomic E-state index is 0.677. The molecule has 0 aliphatic rings. The van der Waals surface area contributed by atoms with E-state index >= 15 is 0 Å². The van der Waals surface area contributed by atoms with Crippen LogP contribution in [0.2, 0.25) is 0 Å². The quantitative estimate of drug-likeness (QED) is 0.712. The van der Waals surface area contributed by atoms with Crippen LogP contribution in [0.1, 0.15) is 11.1 Å². The van der Waals surface area contributed by atoms with Gasteiger partial charge in [-0.3, -0.25) is 0 Å². The normalized spacial score (nSPS) is 11.3. The second kappa shape index (κ2) is 5.61. The summed E-state index contributed by atoms with van der Waals surface area (Å²) in [5.41, 5.74) is 14.1. The maximum absolute atomic E-state index is 5.73. The Kier molecular flexibility index (Phi) is 3.68. The molecule has 0 saturated carbocycles. The highest BCUT2D eigenvalue weighted by molar-refractivity contribution is 5.98. The first-order valence-corrected chi connectivity index (χ1v) is 7.16. The highest BCUT2D eigenvalue weighted by Gasteiger charge is 2.05. The van der Waals surface area contributed by atoms with Crippen molar-refractivity contribution in [2.24, 2.45) is 11.5 Å². The Morgan fingerprint density at radius 3 is 1.45 bits per heavy atom. The van der Waals surface area contributed by atoms with E-state index in [2.05, 4.69) is 48.5 Å². The summed E-state index contributed by atoms with van der Waals surface area (Å²) in [6.07, 6.45) is 1.83. The van der Waals surface area contributed by atoms with Crippen LogP contribution in [0.4, 0.5) is 0 Å². The Hall–Kier alpha value is -1.90. The van der Waals surface area contributed by atoms with Crippen molar-refractivity contribution in [3.05, 3.63) is 59.7 Å². The molecular formula is C18H20N2. The third-order valence-electron chi connectivity index (χ3n) is 3.85. The van der Waals surface area contributed by atoms with Gasteiger partial charge in [0.1, 0.15) is 0 Å². The standard InChI is InChI=1S/C18H20N2/c19-7-5-15-11-17-9-13-3-1-2-4-14(13)10-18(17)12-16(15)6-8-20/h1-4,9-12H,5-8,19-20H2. The zero-order valence-electron chi connectivity index (χ0n) is 11.6. The van der Waals surface area contributed by atoms with Crippen LogP contribution in [0.5, 0.6) is 0 Å². The van der Waals surface area contributed by atoms with Crippen LogP contribution in [-0.2, 0) is 12.8 Å². The predicted octanol–water partition coefficient (Wildman–Crippen LogP) is 3.00. The van der Waals surface area contributed by atoms with Gasteiger partial charge in [-0.15, -0.1) is 0 Å². The summed E-state index contributed by atoms with van der Waals surface area (Å²) >= 11 is 0. The van der Waals surface area contributed by atoms with Crippen LogP contribution in [0.3, 0.4) is 0 Å². The Bertz CT molecular complexity index is 683. The third-order valence-corrected chi connectivity index (χ3v) is 3.85. The van der Waals surface area contributed by atoms with Gasteiger partial charge < -0.3 is 11.5 Å². The van der Waals surface area contributed by atoms with Gasteiger partial charge in [-0.1, -0.05) is 36.4 Å². The summed E-state index contributed by atoms with van der Waals surface area (Å²) in [4.78, 5) is 0. The molecule has 20 heavy (non-hydrogen) atoms. The summed E-state index contributed by atoms with van der Waals surface area (Å²) in [5, 5.41) is 5.14. The van der Waals surface area contributed by atoms with Gasteiger partial charge >= 0.3 is 0 Å². The zero-order chi connectivity index (χ0) is 13.9. The molecule has 0 heterocycles. The minimum atomic E-state index is 0.677. The Labute approximate surface area is 119 Å². The van der Waals surface area contributed by atoms with E-state index in [9.17, 15) is 0 Å². The van der Waals surface area contributed by atoms with Crippen LogP contribution in [0.15, 0.2) is 48.5 Å². The second-order valence-corrected chi connectivity index (χ2v) is 5.24. The molecular weight excluding hydrogens is 244 g/mol. The number of fused-ring (bicyclic) bond motifs is 2. The molecule has 0 spiro atoms. The van der Waals surface area contributed by atoms with Crippen LogP contribution in [-0.4, -0.2) is 13.1 Å². The molecule has 0 atom stereocenters. The fourth-order valence-electron chi connectivity index (χ4n) is 2.86. The van der Waals surface area contributed by atoms with Crippen molar-refractivity contribution < 1.29 is 0 Å². The van der Waals surface area contributed by atoms with Crippen molar-refractivity contribution in [2.75, 3.05) is 13.1 Å². The van der Waals surface area contributed by atoms with Crippen molar-refractivity contribution in [1.82, 2.24) is 0 Å². The van der Waals surface area contributed by atoms with E-state index in [0.717, 1.165) is 12.8 Å². The number of benzene rings is 3. The number of nitrogens with two attached hydrogens (primary N) is 2. The highest BCUT2D eigenvalue weighted by Crippen LogP contribution is 2.26. The van der Waals surface area contributed by atoms with Gasteiger partial charge in [-0.05, 0) is 70.7 Å². The van der Waals surface area contributed by atoms with Crippen molar-refractivity contribution in [1.29, 1.82) is 0 Å². The van der Waals surface area contributed by atoms with Gasteiger partial charge in [0, 0.05) is 0 Å². The van der Waals surface area contributed by atoms with Gasteiger partial charge in [0.15, 0.2) is 0 Å². The van der Waals surface area contributed by atoms with E-state index < -0.39 is 0 Å². The third kappa shape index (κ3) is 2.40.